The van der Waals surface area contributed by atoms with Crippen LogP contribution >= 0.6 is 11.6 Å². The zero-order valence-corrected chi connectivity index (χ0v) is 12.2. The van der Waals surface area contributed by atoms with Gasteiger partial charge in [-0.05, 0) is 30.7 Å². The van der Waals surface area contributed by atoms with Gasteiger partial charge in [0.05, 0.1) is 15.5 Å². The fourth-order valence-electron chi connectivity index (χ4n) is 1.88. The quantitative estimate of drug-likeness (QED) is 0.672. The smallest absolute Gasteiger partial charge is 0.277 e. The van der Waals surface area contributed by atoms with E-state index in [4.69, 9.17) is 22.1 Å². The normalized spacial score (nSPS) is 12.0. The summed E-state index contributed by atoms with van der Waals surface area (Å²) in [6, 6.07) is 11.8. The summed E-state index contributed by atoms with van der Waals surface area (Å²) >= 11 is 6.01. The topological polar surface area (TPSA) is 78.4 Å². The maximum Gasteiger partial charge on any atom is 0.277 e. The molecule has 0 aliphatic heterocycles. The molecule has 2 N–H and O–H groups in total. The Balaban J connectivity index is 2.15. The number of nitrogens with zero attached hydrogens (tertiary/aromatic N) is 1. The molecule has 0 aromatic heterocycles. The fourth-order valence-corrected chi connectivity index (χ4v) is 2.11. The Morgan fingerprint density at radius 3 is 2.52 bits per heavy atom. The molecule has 5 nitrogen and oxygen atoms in total. The molecule has 0 saturated carbocycles. The van der Waals surface area contributed by atoms with Crippen molar-refractivity contribution in [2.75, 3.05) is 0 Å². The van der Waals surface area contributed by atoms with Crippen LogP contribution in [0.1, 0.15) is 24.1 Å². The molecule has 0 amide bonds. The first-order valence-corrected chi connectivity index (χ1v) is 6.77. The molecule has 0 spiro atoms. The monoisotopic (exact) mass is 306 g/mol. The molecule has 0 aliphatic rings. The number of ether oxygens (including phenoxy) is 1. The standard InChI is InChI=1S/C15H15ClN2O3/c1-10(17)11-5-7-12(8-6-11)21-9-13-14(16)3-2-4-15(13)18(19)20/h2-8,10H,9,17H2,1H3/t10-/m0/s1. The van der Waals surface area contributed by atoms with E-state index in [-0.39, 0.29) is 18.3 Å². The Hall–Kier alpha value is -2.11. The van der Waals surface area contributed by atoms with Crippen LogP contribution < -0.4 is 10.5 Å². The van der Waals surface area contributed by atoms with Gasteiger partial charge in [0.1, 0.15) is 12.4 Å². The van der Waals surface area contributed by atoms with Gasteiger partial charge in [0.15, 0.2) is 0 Å². The van der Waals surface area contributed by atoms with E-state index in [1.807, 2.05) is 19.1 Å². The molecule has 0 radical (unpaired) electrons. The first kappa shape index (κ1) is 15.3. The minimum Gasteiger partial charge on any atom is -0.489 e. The van der Waals surface area contributed by atoms with Gasteiger partial charge in [0.2, 0.25) is 0 Å². The molecule has 2 rings (SSSR count). The average Bonchev–Trinajstić information content (AvgIpc) is 2.46. The number of nitro groups is 1. The summed E-state index contributed by atoms with van der Waals surface area (Å²) in [6.45, 7) is 1.93. The predicted octanol–water partition coefficient (Wildman–Crippen LogP) is 3.85. The van der Waals surface area contributed by atoms with Crippen LogP contribution in [0.4, 0.5) is 5.69 Å². The van der Waals surface area contributed by atoms with Crippen LogP contribution in [0.15, 0.2) is 42.5 Å². The van der Waals surface area contributed by atoms with Crippen molar-refractivity contribution < 1.29 is 9.66 Å². The Bertz CT molecular complexity index is 642. The van der Waals surface area contributed by atoms with Crippen LogP contribution in [0.2, 0.25) is 5.02 Å². The van der Waals surface area contributed by atoms with Gasteiger partial charge >= 0.3 is 0 Å². The van der Waals surface area contributed by atoms with Crippen LogP contribution in [0, 0.1) is 10.1 Å². The zero-order valence-electron chi connectivity index (χ0n) is 11.5. The number of hydrogen-bond acceptors (Lipinski definition) is 4. The van der Waals surface area contributed by atoms with Gasteiger partial charge in [0.25, 0.3) is 5.69 Å². The molecule has 1 atom stereocenters. The second-order valence-corrected chi connectivity index (χ2v) is 5.05. The molecule has 6 heteroatoms. The van der Waals surface area contributed by atoms with E-state index >= 15 is 0 Å². The highest BCUT2D eigenvalue weighted by molar-refractivity contribution is 6.31. The molecule has 0 saturated heterocycles. The molecule has 0 fully saturated rings. The Morgan fingerprint density at radius 2 is 1.95 bits per heavy atom. The minimum absolute atomic E-state index is 0.0352. The molecule has 110 valence electrons. The Labute approximate surface area is 127 Å². The second kappa shape index (κ2) is 6.56. The molecule has 0 unspecified atom stereocenters. The van der Waals surface area contributed by atoms with E-state index in [9.17, 15) is 10.1 Å². The van der Waals surface area contributed by atoms with Crippen LogP contribution in [0.3, 0.4) is 0 Å². The number of nitro benzene ring substituents is 1. The molecule has 2 aromatic carbocycles. The maximum absolute atomic E-state index is 11.0. The van der Waals surface area contributed by atoms with E-state index < -0.39 is 4.92 Å². The van der Waals surface area contributed by atoms with Gasteiger partial charge in [-0.25, -0.2) is 0 Å². The van der Waals surface area contributed by atoms with Crippen molar-refractivity contribution in [3.63, 3.8) is 0 Å². The van der Waals surface area contributed by atoms with E-state index in [1.54, 1.807) is 24.3 Å². The summed E-state index contributed by atoms with van der Waals surface area (Å²) in [5, 5.41) is 11.3. The molecule has 2 aromatic rings. The fraction of sp³-hybridized carbons (Fsp3) is 0.200. The van der Waals surface area contributed by atoms with Crippen molar-refractivity contribution in [3.05, 3.63) is 68.7 Å². The van der Waals surface area contributed by atoms with Gasteiger partial charge in [-0.15, -0.1) is 0 Å². The Kier molecular flexibility index (Phi) is 4.77. The number of hydrogen-bond donors (Lipinski definition) is 1. The summed E-state index contributed by atoms with van der Waals surface area (Å²) in [7, 11) is 0. The number of nitrogens with two attached hydrogens (primary N) is 1. The lowest BCUT2D eigenvalue weighted by atomic mass is 10.1. The van der Waals surface area contributed by atoms with Crippen molar-refractivity contribution in [2.24, 2.45) is 5.73 Å². The number of rotatable bonds is 5. The summed E-state index contributed by atoms with van der Waals surface area (Å²) in [5.74, 6) is 0.605. The van der Waals surface area contributed by atoms with Crippen LogP contribution in [-0.4, -0.2) is 4.92 Å². The molecule has 0 bridgehead atoms. The molecule has 0 heterocycles. The largest absolute Gasteiger partial charge is 0.489 e. The summed E-state index contributed by atoms with van der Waals surface area (Å²) in [6.07, 6.45) is 0. The van der Waals surface area contributed by atoms with Crippen LogP contribution in [0.25, 0.3) is 0 Å². The summed E-state index contributed by atoms with van der Waals surface area (Å²) in [5.41, 5.74) is 7.08. The van der Waals surface area contributed by atoms with Gasteiger partial charge in [-0.1, -0.05) is 29.8 Å². The van der Waals surface area contributed by atoms with Crippen molar-refractivity contribution in [3.8, 4) is 5.75 Å². The molecular formula is C15H15ClN2O3. The van der Waals surface area contributed by atoms with Gasteiger partial charge in [-0.3, -0.25) is 10.1 Å². The van der Waals surface area contributed by atoms with Crippen molar-refractivity contribution >= 4 is 17.3 Å². The van der Waals surface area contributed by atoms with E-state index in [0.29, 0.717) is 16.3 Å². The highest BCUT2D eigenvalue weighted by Gasteiger charge is 2.17. The highest BCUT2D eigenvalue weighted by atomic mass is 35.5. The van der Waals surface area contributed by atoms with E-state index in [0.717, 1.165) is 5.56 Å². The average molecular weight is 307 g/mol. The maximum atomic E-state index is 11.0. The van der Waals surface area contributed by atoms with E-state index in [2.05, 4.69) is 0 Å². The lowest BCUT2D eigenvalue weighted by Gasteiger charge is -2.10. The summed E-state index contributed by atoms with van der Waals surface area (Å²) < 4.78 is 5.57. The SMILES string of the molecule is C[C@H](N)c1ccc(OCc2c(Cl)cccc2[N+](=O)[O-])cc1. The van der Waals surface area contributed by atoms with Crippen LogP contribution in [0.5, 0.6) is 5.75 Å². The third-order valence-electron chi connectivity index (χ3n) is 3.08. The summed E-state index contributed by atoms with van der Waals surface area (Å²) in [4.78, 5) is 10.5. The van der Waals surface area contributed by atoms with E-state index in [1.165, 1.54) is 6.07 Å². The first-order chi connectivity index (χ1) is 9.99. The first-order valence-electron chi connectivity index (χ1n) is 6.39. The lowest BCUT2D eigenvalue weighted by Crippen LogP contribution is -2.05. The van der Waals surface area contributed by atoms with Crippen molar-refractivity contribution in [2.45, 2.75) is 19.6 Å². The number of benzene rings is 2. The Morgan fingerprint density at radius 1 is 1.29 bits per heavy atom. The van der Waals surface area contributed by atoms with Crippen molar-refractivity contribution in [1.82, 2.24) is 0 Å². The second-order valence-electron chi connectivity index (χ2n) is 4.64. The highest BCUT2D eigenvalue weighted by Crippen LogP contribution is 2.27. The van der Waals surface area contributed by atoms with Gasteiger partial charge in [0, 0.05) is 12.1 Å². The third-order valence-corrected chi connectivity index (χ3v) is 3.43. The van der Waals surface area contributed by atoms with Gasteiger partial charge < -0.3 is 10.5 Å². The number of halogens is 1. The predicted molar refractivity (Wildman–Crippen MR) is 81.5 cm³/mol. The zero-order chi connectivity index (χ0) is 15.4. The molecule has 0 aliphatic carbocycles. The minimum atomic E-state index is -0.468. The lowest BCUT2D eigenvalue weighted by molar-refractivity contribution is -0.385. The van der Waals surface area contributed by atoms with Gasteiger partial charge in [-0.2, -0.15) is 0 Å². The van der Waals surface area contributed by atoms with Crippen LogP contribution in [-0.2, 0) is 6.61 Å². The molecular weight excluding hydrogens is 292 g/mol. The van der Waals surface area contributed by atoms with Crippen molar-refractivity contribution in [1.29, 1.82) is 0 Å². The third kappa shape index (κ3) is 3.71. The molecule has 21 heavy (non-hydrogen) atoms.